The zero-order valence-corrected chi connectivity index (χ0v) is 12.9. The molecular formula is C15H16BrNOS. The Labute approximate surface area is 126 Å². The van der Waals surface area contributed by atoms with Crippen molar-refractivity contribution in [2.24, 2.45) is 0 Å². The number of hydrogen-bond donors (Lipinski definition) is 1. The molecule has 0 spiro atoms. The number of para-hydroxylation sites is 2. The molecule has 100 valence electrons. The Balaban J connectivity index is 1.69. The fraction of sp³-hybridized carbons (Fsp3) is 0.200. The minimum absolute atomic E-state index is 0.690. The summed E-state index contributed by atoms with van der Waals surface area (Å²) < 4.78 is 6.77. The van der Waals surface area contributed by atoms with Crippen molar-refractivity contribution in [2.75, 3.05) is 18.1 Å². The molecule has 0 fully saturated rings. The molecule has 19 heavy (non-hydrogen) atoms. The lowest BCUT2D eigenvalue weighted by Crippen LogP contribution is -2.01. The molecule has 2 N–H and O–H groups in total. The topological polar surface area (TPSA) is 35.2 Å². The molecule has 0 saturated carbocycles. The molecule has 0 aliphatic carbocycles. The van der Waals surface area contributed by atoms with Crippen LogP contribution in [0.5, 0.6) is 5.75 Å². The van der Waals surface area contributed by atoms with E-state index in [1.165, 1.54) is 4.90 Å². The fourth-order valence-electron chi connectivity index (χ4n) is 1.60. The maximum atomic E-state index is 5.81. The Morgan fingerprint density at radius 2 is 1.95 bits per heavy atom. The smallest absolute Gasteiger partial charge is 0.142 e. The van der Waals surface area contributed by atoms with Crippen molar-refractivity contribution in [1.82, 2.24) is 0 Å². The second-order valence-corrected chi connectivity index (χ2v) is 6.13. The summed E-state index contributed by atoms with van der Waals surface area (Å²) in [6, 6.07) is 15.9. The molecule has 0 aliphatic heterocycles. The zero-order chi connectivity index (χ0) is 13.5. The molecule has 2 nitrogen and oxygen atoms in total. The SMILES string of the molecule is Nc1ccccc1OCCCSc1cccc(Br)c1. The number of anilines is 1. The first-order chi connectivity index (χ1) is 9.25. The minimum Gasteiger partial charge on any atom is -0.491 e. The summed E-state index contributed by atoms with van der Waals surface area (Å²) in [5, 5.41) is 0. The van der Waals surface area contributed by atoms with Gasteiger partial charge in [0.2, 0.25) is 0 Å². The molecule has 0 unspecified atom stereocenters. The van der Waals surface area contributed by atoms with Gasteiger partial charge in [-0.15, -0.1) is 11.8 Å². The molecule has 0 radical (unpaired) electrons. The highest BCUT2D eigenvalue weighted by Gasteiger charge is 1.99. The van der Waals surface area contributed by atoms with Crippen LogP contribution in [0.1, 0.15) is 6.42 Å². The van der Waals surface area contributed by atoms with Gasteiger partial charge in [0.1, 0.15) is 5.75 Å². The number of nitrogens with two attached hydrogens (primary N) is 1. The van der Waals surface area contributed by atoms with Crippen LogP contribution in [0.15, 0.2) is 57.9 Å². The maximum Gasteiger partial charge on any atom is 0.142 e. The molecule has 0 atom stereocenters. The first-order valence-corrected chi connectivity index (χ1v) is 7.89. The largest absolute Gasteiger partial charge is 0.491 e. The minimum atomic E-state index is 0.690. The lowest BCUT2D eigenvalue weighted by atomic mass is 10.3. The Morgan fingerprint density at radius 3 is 2.74 bits per heavy atom. The molecule has 0 saturated heterocycles. The van der Waals surface area contributed by atoms with Crippen molar-refractivity contribution in [3.63, 3.8) is 0 Å². The van der Waals surface area contributed by atoms with Crippen LogP contribution >= 0.6 is 27.7 Å². The van der Waals surface area contributed by atoms with E-state index in [0.29, 0.717) is 12.3 Å². The highest BCUT2D eigenvalue weighted by molar-refractivity contribution is 9.10. The van der Waals surface area contributed by atoms with Crippen molar-refractivity contribution in [3.8, 4) is 5.75 Å². The van der Waals surface area contributed by atoms with E-state index in [1.807, 2.05) is 48.2 Å². The zero-order valence-electron chi connectivity index (χ0n) is 10.5. The van der Waals surface area contributed by atoms with Gasteiger partial charge in [0.05, 0.1) is 12.3 Å². The fourth-order valence-corrected chi connectivity index (χ4v) is 3.03. The predicted octanol–water partition coefficient (Wildman–Crippen LogP) is 4.59. The molecule has 0 aliphatic rings. The third-order valence-corrected chi connectivity index (χ3v) is 4.10. The van der Waals surface area contributed by atoms with Crippen molar-refractivity contribution < 1.29 is 4.74 Å². The molecular weight excluding hydrogens is 322 g/mol. The number of benzene rings is 2. The van der Waals surface area contributed by atoms with Gasteiger partial charge >= 0.3 is 0 Å². The molecule has 0 heterocycles. The average molecular weight is 338 g/mol. The van der Waals surface area contributed by atoms with Crippen LogP contribution in [0.4, 0.5) is 5.69 Å². The summed E-state index contributed by atoms with van der Waals surface area (Å²) >= 11 is 5.30. The summed E-state index contributed by atoms with van der Waals surface area (Å²) in [5.74, 6) is 1.80. The van der Waals surface area contributed by atoms with Crippen LogP contribution in [0, 0.1) is 0 Å². The summed E-state index contributed by atoms with van der Waals surface area (Å²) in [4.78, 5) is 1.27. The number of ether oxygens (including phenoxy) is 1. The van der Waals surface area contributed by atoms with Gasteiger partial charge in [-0.1, -0.05) is 34.1 Å². The maximum absolute atomic E-state index is 5.81. The lowest BCUT2D eigenvalue weighted by molar-refractivity contribution is 0.320. The standard InChI is InChI=1S/C15H16BrNOS/c16-12-5-3-6-13(11-12)19-10-4-9-18-15-8-2-1-7-14(15)17/h1-3,5-8,11H,4,9-10,17H2. The Kier molecular flexibility index (Phi) is 5.61. The number of thioether (sulfide) groups is 1. The molecule has 2 aromatic carbocycles. The average Bonchev–Trinajstić information content (AvgIpc) is 2.40. The van der Waals surface area contributed by atoms with Crippen LogP contribution in [-0.2, 0) is 0 Å². The first kappa shape index (κ1) is 14.3. The number of rotatable bonds is 6. The monoisotopic (exact) mass is 337 g/mol. The van der Waals surface area contributed by atoms with E-state index >= 15 is 0 Å². The number of nitrogen functional groups attached to an aromatic ring is 1. The van der Waals surface area contributed by atoms with E-state index in [-0.39, 0.29) is 0 Å². The summed E-state index contributed by atoms with van der Waals surface area (Å²) in [6.45, 7) is 0.690. The molecule has 2 rings (SSSR count). The molecule has 0 bridgehead atoms. The van der Waals surface area contributed by atoms with E-state index in [0.717, 1.165) is 22.4 Å². The molecule has 4 heteroatoms. The lowest BCUT2D eigenvalue weighted by Gasteiger charge is -2.08. The Hall–Kier alpha value is -1.13. The van der Waals surface area contributed by atoms with Crippen LogP contribution in [0.2, 0.25) is 0 Å². The molecule has 2 aromatic rings. The summed E-state index contributed by atoms with van der Waals surface area (Å²) in [6.07, 6.45) is 0.992. The highest BCUT2D eigenvalue weighted by atomic mass is 79.9. The quantitative estimate of drug-likeness (QED) is 0.475. The van der Waals surface area contributed by atoms with Gasteiger partial charge in [0.25, 0.3) is 0 Å². The highest BCUT2D eigenvalue weighted by Crippen LogP contribution is 2.23. The second-order valence-electron chi connectivity index (χ2n) is 4.05. The number of hydrogen-bond acceptors (Lipinski definition) is 3. The summed E-state index contributed by atoms with van der Waals surface area (Å²) in [7, 11) is 0. The molecule has 0 aromatic heterocycles. The van der Waals surface area contributed by atoms with Crippen molar-refractivity contribution in [3.05, 3.63) is 53.0 Å². The van der Waals surface area contributed by atoms with Gasteiger partial charge in [0.15, 0.2) is 0 Å². The van der Waals surface area contributed by atoms with E-state index in [1.54, 1.807) is 0 Å². The van der Waals surface area contributed by atoms with Crippen molar-refractivity contribution in [1.29, 1.82) is 0 Å². The van der Waals surface area contributed by atoms with E-state index in [4.69, 9.17) is 10.5 Å². The normalized spacial score (nSPS) is 10.4. The van der Waals surface area contributed by atoms with Gasteiger partial charge in [-0.2, -0.15) is 0 Å². The number of halogens is 1. The molecule has 0 amide bonds. The Morgan fingerprint density at radius 1 is 1.11 bits per heavy atom. The van der Waals surface area contributed by atoms with E-state index < -0.39 is 0 Å². The Bertz CT molecular complexity index is 533. The van der Waals surface area contributed by atoms with E-state index in [2.05, 4.69) is 28.1 Å². The second kappa shape index (κ2) is 7.46. The van der Waals surface area contributed by atoms with Gasteiger partial charge in [0, 0.05) is 15.1 Å². The van der Waals surface area contributed by atoms with Crippen LogP contribution < -0.4 is 10.5 Å². The third kappa shape index (κ3) is 4.80. The van der Waals surface area contributed by atoms with Gasteiger partial charge < -0.3 is 10.5 Å². The van der Waals surface area contributed by atoms with Crippen molar-refractivity contribution >= 4 is 33.4 Å². The van der Waals surface area contributed by atoms with Gasteiger partial charge in [-0.25, -0.2) is 0 Å². The van der Waals surface area contributed by atoms with E-state index in [9.17, 15) is 0 Å². The first-order valence-electron chi connectivity index (χ1n) is 6.11. The third-order valence-electron chi connectivity index (χ3n) is 2.53. The van der Waals surface area contributed by atoms with Gasteiger partial charge in [-0.05, 0) is 36.8 Å². The van der Waals surface area contributed by atoms with Gasteiger partial charge in [-0.3, -0.25) is 0 Å². The summed E-state index contributed by atoms with van der Waals surface area (Å²) in [5.41, 5.74) is 6.50. The van der Waals surface area contributed by atoms with Crippen LogP contribution in [0.25, 0.3) is 0 Å². The van der Waals surface area contributed by atoms with Crippen LogP contribution in [0.3, 0.4) is 0 Å². The van der Waals surface area contributed by atoms with Crippen LogP contribution in [-0.4, -0.2) is 12.4 Å². The van der Waals surface area contributed by atoms with Crippen molar-refractivity contribution in [2.45, 2.75) is 11.3 Å². The predicted molar refractivity (Wildman–Crippen MR) is 85.8 cm³/mol.